The summed E-state index contributed by atoms with van der Waals surface area (Å²) in [5.74, 6) is -1.56. The summed E-state index contributed by atoms with van der Waals surface area (Å²) in [5.41, 5.74) is -0.145. The van der Waals surface area contributed by atoms with Gasteiger partial charge in [0.25, 0.3) is 0 Å². The molecule has 1 aromatic heterocycles. The van der Waals surface area contributed by atoms with E-state index in [4.69, 9.17) is 0 Å². The Labute approximate surface area is 116 Å². The Morgan fingerprint density at radius 2 is 2.00 bits per heavy atom. The third-order valence-electron chi connectivity index (χ3n) is 3.16. The van der Waals surface area contributed by atoms with Crippen molar-refractivity contribution in [3.8, 4) is 0 Å². The number of pyridine rings is 1. The Morgan fingerprint density at radius 3 is 2.55 bits per heavy atom. The van der Waals surface area contributed by atoms with Gasteiger partial charge in [-0.05, 0) is 24.6 Å². The standard InChI is InChI=1S/C15H15FN2O2/c1-15(14(19)20,13-8-7-12(16)10-17-13)18-9-11-5-3-2-4-6-11/h2-8,10,18H,9H2,1H3,(H,19,20). The first-order valence-electron chi connectivity index (χ1n) is 6.17. The summed E-state index contributed by atoms with van der Waals surface area (Å²) in [6, 6.07) is 12.0. The Morgan fingerprint density at radius 1 is 1.30 bits per heavy atom. The van der Waals surface area contributed by atoms with Crippen LogP contribution >= 0.6 is 0 Å². The Balaban J connectivity index is 2.21. The van der Waals surface area contributed by atoms with E-state index in [9.17, 15) is 14.3 Å². The van der Waals surface area contributed by atoms with E-state index < -0.39 is 17.3 Å². The lowest BCUT2D eigenvalue weighted by Gasteiger charge is -2.25. The summed E-state index contributed by atoms with van der Waals surface area (Å²) in [5, 5.41) is 12.4. The summed E-state index contributed by atoms with van der Waals surface area (Å²) >= 11 is 0. The molecule has 104 valence electrons. The van der Waals surface area contributed by atoms with Crippen molar-refractivity contribution in [1.29, 1.82) is 0 Å². The van der Waals surface area contributed by atoms with Crippen LogP contribution in [0.15, 0.2) is 48.7 Å². The molecular weight excluding hydrogens is 259 g/mol. The molecular formula is C15H15FN2O2. The number of carbonyl (C=O) groups is 1. The summed E-state index contributed by atoms with van der Waals surface area (Å²) in [4.78, 5) is 15.4. The van der Waals surface area contributed by atoms with Crippen molar-refractivity contribution in [2.75, 3.05) is 0 Å². The van der Waals surface area contributed by atoms with Crippen LogP contribution < -0.4 is 5.32 Å². The first-order chi connectivity index (χ1) is 9.52. The van der Waals surface area contributed by atoms with Gasteiger partial charge in [-0.1, -0.05) is 30.3 Å². The molecule has 4 nitrogen and oxygen atoms in total. The van der Waals surface area contributed by atoms with Crippen LogP contribution in [0.2, 0.25) is 0 Å². The van der Waals surface area contributed by atoms with Crippen molar-refractivity contribution in [2.24, 2.45) is 0 Å². The van der Waals surface area contributed by atoms with Crippen LogP contribution in [0.1, 0.15) is 18.2 Å². The highest BCUT2D eigenvalue weighted by Crippen LogP contribution is 2.20. The number of benzene rings is 1. The van der Waals surface area contributed by atoms with Gasteiger partial charge in [-0.2, -0.15) is 0 Å². The molecule has 1 atom stereocenters. The van der Waals surface area contributed by atoms with Gasteiger partial charge in [-0.3, -0.25) is 10.3 Å². The fourth-order valence-corrected chi connectivity index (χ4v) is 1.82. The fraction of sp³-hybridized carbons (Fsp3) is 0.200. The number of carboxylic acids is 1. The lowest BCUT2D eigenvalue weighted by Crippen LogP contribution is -2.46. The molecule has 0 saturated heterocycles. The van der Waals surface area contributed by atoms with Gasteiger partial charge in [-0.25, -0.2) is 9.18 Å². The van der Waals surface area contributed by atoms with E-state index in [1.54, 1.807) is 0 Å². The molecule has 0 aliphatic rings. The maximum Gasteiger partial charge on any atom is 0.329 e. The van der Waals surface area contributed by atoms with Crippen LogP contribution in [0.4, 0.5) is 4.39 Å². The number of hydrogen-bond donors (Lipinski definition) is 2. The molecule has 0 saturated carbocycles. The average molecular weight is 274 g/mol. The van der Waals surface area contributed by atoms with Crippen molar-refractivity contribution < 1.29 is 14.3 Å². The third kappa shape index (κ3) is 3.00. The van der Waals surface area contributed by atoms with Crippen LogP contribution in [0.25, 0.3) is 0 Å². The van der Waals surface area contributed by atoms with Crippen LogP contribution in [0, 0.1) is 5.82 Å². The zero-order chi connectivity index (χ0) is 14.6. The Bertz CT molecular complexity index is 587. The van der Waals surface area contributed by atoms with E-state index in [0.29, 0.717) is 6.54 Å². The van der Waals surface area contributed by atoms with Crippen LogP contribution in [0.5, 0.6) is 0 Å². The van der Waals surface area contributed by atoms with E-state index >= 15 is 0 Å². The van der Waals surface area contributed by atoms with Crippen molar-refractivity contribution in [1.82, 2.24) is 10.3 Å². The van der Waals surface area contributed by atoms with E-state index in [-0.39, 0.29) is 5.69 Å². The van der Waals surface area contributed by atoms with E-state index in [2.05, 4.69) is 10.3 Å². The van der Waals surface area contributed by atoms with E-state index in [0.717, 1.165) is 11.8 Å². The number of rotatable bonds is 5. The van der Waals surface area contributed by atoms with Gasteiger partial charge in [0, 0.05) is 6.54 Å². The normalized spacial score (nSPS) is 13.7. The molecule has 2 aromatic rings. The molecule has 2 N–H and O–H groups in total. The number of hydrogen-bond acceptors (Lipinski definition) is 3. The summed E-state index contributed by atoms with van der Waals surface area (Å²) < 4.78 is 12.9. The molecule has 0 radical (unpaired) electrons. The molecule has 2 rings (SSSR count). The lowest BCUT2D eigenvalue weighted by molar-refractivity contribution is -0.144. The molecule has 1 aromatic carbocycles. The van der Waals surface area contributed by atoms with Gasteiger partial charge in [-0.15, -0.1) is 0 Å². The van der Waals surface area contributed by atoms with Crippen molar-refractivity contribution in [3.05, 3.63) is 65.7 Å². The summed E-state index contributed by atoms with van der Waals surface area (Å²) in [7, 11) is 0. The van der Waals surface area contributed by atoms with Gasteiger partial charge in [0.2, 0.25) is 0 Å². The largest absolute Gasteiger partial charge is 0.480 e. The zero-order valence-electron chi connectivity index (χ0n) is 11.0. The Hall–Kier alpha value is -2.27. The van der Waals surface area contributed by atoms with Crippen molar-refractivity contribution in [2.45, 2.75) is 19.0 Å². The molecule has 0 fully saturated rings. The predicted octanol–water partition coefficient (Wildman–Crippen LogP) is 2.31. The highest BCUT2D eigenvalue weighted by molar-refractivity contribution is 5.79. The molecule has 0 bridgehead atoms. The third-order valence-corrected chi connectivity index (χ3v) is 3.16. The quantitative estimate of drug-likeness (QED) is 0.878. The number of carboxylic acid groups (broad SMARTS) is 1. The second kappa shape index (κ2) is 5.79. The minimum Gasteiger partial charge on any atom is -0.480 e. The zero-order valence-corrected chi connectivity index (χ0v) is 11.0. The number of nitrogens with one attached hydrogen (secondary N) is 1. The fourth-order valence-electron chi connectivity index (χ4n) is 1.82. The second-order valence-electron chi connectivity index (χ2n) is 4.63. The monoisotopic (exact) mass is 274 g/mol. The minimum absolute atomic E-state index is 0.266. The van der Waals surface area contributed by atoms with Gasteiger partial charge in [0.05, 0.1) is 11.9 Å². The maximum absolute atomic E-state index is 12.9. The SMILES string of the molecule is CC(NCc1ccccc1)(C(=O)O)c1ccc(F)cn1. The van der Waals surface area contributed by atoms with Crippen LogP contribution in [-0.2, 0) is 16.9 Å². The lowest BCUT2D eigenvalue weighted by atomic mass is 9.96. The van der Waals surface area contributed by atoms with Crippen molar-refractivity contribution >= 4 is 5.97 Å². The van der Waals surface area contributed by atoms with Crippen molar-refractivity contribution in [3.63, 3.8) is 0 Å². The first-order valence-corrected chi connectivity index (χ1v) is 6.17. The Kier molecular flexibility index (Phi) is 4.10. The second-order valence-corrected chi connectivity index (χ2v) is 4.63. The molecule has 1 heterocycles. The van der Waals surface area contributed by atoms with E-state index in [1.807, 2.05) is 30.3 Å². The minimum atomic E-state index is -1.37. The molecule has 5 heteroatoms. The number of aromatic nitrogens is 1. The number of aliphatic carboxylic acids is 1. The predicted molar refractivity (Wildman–Crippen MR) is 72.5 cm³/mol. The molecule has 0 aliphatic carbocycles. The average Bonchev–Trinajstić information content (AvgIpc) is 2.46. The molecule has 1 unspecified atom stereocenters. The van der Waals surface area contributed by atoms with Crippen LogP contribution in [0.3, 0.4) is 0 Å². The van der Waals surface area contributed by atoms with Gasteiger partial charge < -0.3 is 5.11 Å². The number of halogens is 1. The summed E-state index contributed by atoms with van der Waals surface area (Å²) in [6.45, 7) is 1.89. The maximum atomic E-state index is 12.9. The summed E-state index contributed by atoms with van der Waals surface area (Å²) in [6.07, 6.45) is 1.01. The number of nitrogens with zero attached hydrogens (tertiary/aromatic N) is 1. The molecule has 20 heavy (non-hydrogen) atoms. The van der Waals surface area contributed by atoms with Crippen LogP contribution in [-0.4, -0.2) is 16.1 Å². The van der Waals surface area contributed by atoms with Gasteiger partial charge in [0.1, 0.15) is 5.82 Å². The molecule has 0 aliphatic heterocycles. The molecule has 0 amide bonds. The van der Waals surface area contributed by atoms with Gasteiger partial charge in [0.15, 0.2) is 5.54 Å². The smallest absolute Gasteiger partial charge is 0.329 e. The van der Waals surface area contributed by atoms with E-state index in [1.165, 1.54) is 19.1 Å². The van der Waals surface area contributed by atoms with Gasteiger partial charge >= 0.3 is 5.97 Å². The highest BCUT2D eigenvalue weighted by atomic mass is 19.1. The topological polar surface area (TPSA) is 62.2 Å². The first kappa shape index (κ1) is 14.1. The molecule has 0 spiro atoms. The highest BCUT2D eigenvalue weighted by Gasteiger charge is 2.36.